The van der Waals surface area contributed by atoms with E-state index in [2.05, 4.69) is 111 Å². The minimum Gasteiger partial charge on any atom is -0.473 e. The first kappa shape index (κ1) is 46.4. The van der Waals surface area contributed by atoms with Crippen molar-refractivity contribution < 1.29 is 27.8 Å². The van der Waals surface area contributed by atoms with Crippen LogP contribution in [-0.4, -0.2) is 96.4 Å². The molecule has 1 aromatic carbocycles. The normalized spacial score (nSPS) is 16.6. The third-order valence-corrected chi connectivity index (χ3v) is 18.7. The average molecular weight is 952 g/mol. The van der Waals surface area contributed by atoms with Crippen LogP contribution in [0.15, 0.2) is 24.9 Å². The highest BCUT2D eigenvalue weighted by atomic mass is 127. The number of aromatic nitrogens is 6. The van der Waals surface area contributed by atoms with Crippen molar-refractivity contribution in [2.24, 2.45) is 7.05 Å². The molecule has 3 aromatic heterocycles. The van der Waals surface area contributed by atoms with Gasteiger partial charge in [0.05, 0.1) is 44.9 Å². The molecule has 0 spiro atoms. The smallest absolute Gasteiger partial charge is 0.248 e. The van der Waals surface area contributed by atoms with Gasteiger partial charge in [0.15, 0.2) is 21.3 Å². The van der Waals surface area contributed by atoms with E-state index in [9.17, 15) is 0 Å². The van der Waals surface area contributed by atoms with Gasteiger partial charge in [-0.25, -0.2) is 13.8 Å². The van der Waals surface area contributed by atoms with E-state index in [1.807, 2.05) is 20.0 Å². The first-order chi connectivity index (χ1) is 27.2. The van der Waals surface area contributed by atoms with Crippen LogP contribution in [0.1, 0.15) is 84.5 Å². The van der Waals surface area contributed by atoms with Gasteiger partial charge in [0.1, 0.15) is 11.9 Å². The van der Waals surface area contributed by atoms with Crippen molar-refractivity contribution in [3.63, 3.8) is 0 Å². The molecular formula is C42H67FIN7O5Si2. The molecule has 0 N–H and O–H groups in total. The third kappa shape index (κ3) is 11.2. The number of halogens is 2. The Hall–Kier alpha value is -2.62. The van der Waals surface area contributed by atoms with Crippen LogP contribution in [-0.2, 0) is 27.5 Å². The van der Waals surface area contributed by atoms with E-state index >= 15 is 4.39 Å². The summed E-state index contributed by atoms with van der Waals surface area (Å²) in [5.41, 5.74) is 3.38. The Morgan fingerprint density at radius 2 is 1.86 bits per heavy atom. The summed E-state index contributed by atoms with van der Waals surface area (Å²) in [6.07, 6.45) is 5.77. The van der Waals surface area contributed by atoms with Crippen molar-refractivity contribution in [3.8, 4) is 22.9 Å². The fourth-order valence-corrected chi connectivity index (χ4v) is 9.24. The zero-order chi connectivity index (χ0) is 42.6. The van der Waals surface area contributed by atoms with Gasteiger partial charge >= 0.3 is 0 Å². The van der Waals surface area contributed by atoms with Gasteiger partial charge < -0.3 is 23.4 Å². The fourth-order valence-electron chi connectivity index (χ4n) is 6.71. The monoisotopic (exact) mass is 951 g/mol. The zero-order valence-electron chi connectivity index (χ0n) is 37.0. The highest BCUT2D eigenvalue weighted by Gasteiger charge is 2.38. The topological polar surface area (TPSA) is 103 Å². The molecule has 12 nitrogen and oxygen atoms in total. The number of hydrogen-bond acceptors (Lipinski definition) is 9. The molecule has 0 bridgehead atoms. The summed E-state index contributed by atoms with van der Waals surface area (Å²) >= 11 is 2.36. The molecule has 0 saturated carbocycles. The van der Waals surface area contributed by atoms with Crippen LogP contribution in [0.2, 0.25) is 43.8 Å². The molecule has 4 heterocycles. The molecule has 4 aromatic rings. The third-order valence-electron chi connectivity index (χ3n) is 11.4. The Bertz CT molecular complexity index is 2000. The maximum absolute atomic E-state index is 16.1. The first-order valence-corrected chi connectivity index (χ1v) is 28.4. The molecular weight excluding hydrogens is 885 g/mol. The van der Waals surface area contributed by atoms with Crippen LogP contribution in [0.3, 0.4) is 0 Å². The number of aryl methyl sites for hydroxylation is 1. The summed E-state index contributed by atoms with van der Waals surface area (Å²) < 4.78 is 54.0. The van der Waals surface area contributed by atoms with E-state index in [1.54, 1.807) is 27.7 Å². The van der Waals surface area contributed by atoms with Gasteiger partial charge in [-0.05, 0) is 98.6 Å². The lowest BCUT2D eigenvalue weighted by molar-refractivity contribution is -0.0367. The summed E-state index contributed by atoms with van der Waals surface area (Å²) in [6, 6.07) is 4.42. The van der Waals surface area contributed by atoms with Crippen molar-refractivity contribution in [3.05, 3.63) is 45.7 Å². The molecule has 1 aliphatic heterocycles. The van der Waals surface area contributed by atoms with Crippen LogP contribution < -0.4 is 9.47 Å². The summed E-state index contributed by atoms with van der Waals surface area (Å²) in [5.74, 6) is 0.679. The summed E-state index contributed by atoms with van der Waals surface area (Å²) in [7, 11) is -1.39. The molecule has 5 rings (SSSR count). The Morgan fingerprint density at radius 1 is 1.12 bits per heavy atom. The van der Waals surface area contributed by atoms with Gasteiger partial charge in [0.2, 0.25) is 11.8 Å². The number of hydrogen-bond donors (Lipinski definition) is 0. The number of benzene rings is 1. The van der Waals surface area contributed by atoms with E-state index in [0.717, 1.165) is 46.5 Å². The van der Waals surface area contributed by atoms with Gasteiger partial charge in [-0.1, -0.05) is 53.9 Å². The van der Waals surface area contributed by atoms with E-state index in [4.69, 9.17) is 33.6 Å². The highest BCUT2D eigenvalue weighted by molar-refractivity contribution is 14.1. The van der Waals surface area contributed by atoms with Crippen molar-refractivity contribution in [1.29, 1.82) is 0 Å². The van der Waals surface area contributed by atoms with Crippen LogP contribution in [0.5, 0.6) is 11.8 Å². The molecule has 58 heavy (non-hydrogen) atoms. The maximum atomic E-state index is 16.1. The van der Waals surface area contributed by atoms with Crippen LogP contribution in [0, 0.1) is 9.39 Å². The Balaban J connectivity index is 1.35. The van der Waals surface area contributed by atoms with Crippen LogP contribution >= 0.6 is 22.6 Å². The Kier molecular flexibility index (Phi) is 15.5. The molecule has 16 heteroatoms. The average Bonchev–Trinajstić information content (AvgIpc) is 3.81. The number of nitrogens with zero attached hydrogens (tertiary/aromatic N) is 7. The fraction of sp³-hybridized carbons (Fsp3) is 0.643. The molecule has 1 saturated heterocycles. The number of ether oxygens (including phenoxy) is 4. The molecule has 0 radical (unpaired) electrons. The van der Waals surface area contributed by atoms with Gasteiger partial charge in [-0.3, -0.25) is 9.58 Å². The SMILES string of the molecule is C=Cc1nn(C2CCCCO2)c2cc(F)c(-c3cnn(C)c3O[C@@H](C)CN(CC)Cc3c(I)c(OCOCC[Si](C)(C)C)nn3[C@@H](C)CO[Si](C)(C)C(C)(C)C)cc12. The second-order valence-electron chi connectivity index (χ2n) is 18.4. The predicted molar refractivity (Wildman–Crippen MR) is 244 cm³/mol. The van der Waals surface area contributed by atoms with Crippen molar-refractivity contribution >= 4 is 56.0 Å². The Morgan fingerprint density at radius 3 is 2.50 bits per heavy atom. The lowest BCUT2D eigenvalue weighted by Crippen LogP contribution is -2.42. The van der Waals surface area contributed by atoms with E-state index in [0.29, 0.717) is 67.0 Å². The second-order valence-corrected chi connectivity index (χ2v) is 29.9. The largest absolute Gasteiger partial charge is 0.473 e. The first-order valence-electron chi connectivity index (χ1n) is 20.7. The minimum atomic E-state index is -1.99. The van der Waals surface area contributed by atoms with E-state index in [1.165, 1.54) is 0 Å². The quantitative estimate of drug-likeness (QED) is 0.0371. The number of rotatable bonds is 20. The van der Waals surface area contributed by atoms with E-state index < -0.39 is 16.4 Å². The van der Waals surface area contributed by atoms with Gasteiger partial charge in [-0.15, -0.1) is 5.10 Å². The van der Waals surface area contributed by atoms with Gasteiger partial charge in [0, 0.05) is 58.4 Å². The molecule has 322 valence electrons. The zero-order valence-corrected chi connectivity index (χ0v) is 41.1. The lowest BCUT2D eigenvalue weighted by atomic mass is 10.0. The molecule has 0 aliphatic carbocycles. The predicted octanol–water partition coefficient (Wildman–Crippen LogP) is 10.3. The molecule has 1 aliphatic rings. The molecule has 3 atom stereocenters. The summed E-state index contributed by atoms with van der Waals surface area (Å²) in [4.78, 5) is 2.33. The second kappa shape index (κ2) is 19.4. The number of likely N-dealkylation sites (N-methyl/N-ethyl adjacent to an activating group) is 1. The van der Waals surface area contributed by atoms with Crippen molar-refractivity contribution in [2.45, 2.75) is 130 Å². The highest BCUT2D eigenvalue weighted by Crippen LogP contribution is 2.39. The van der Waals surface area contributed by atoms with E-state index in [-0.39, 0.29) is 36.0 Å². The summed E-state index contributed by atoms with van der Waals surface area (Å²) in [6.45, 7) is 32.7. The number of fused-ring (bicyclic) bond motifs is 1. The van der Waals surface area contributed by atoms with Crippen molar-refractivity contribution in [2.75, 3.05) is 39.7 Å². The molecule has 0 amide bonds. The van der Waals surface area contributed by atoms with Crippen molar-refractivity contribution in [1.82, 2.24) is 34.2 Å². The van der Waals surface area contributed by atoms with Crippen LogP contribution in [0.4, 0.5) is 4.39 Å². The minimum absolute atomic E-state index is 0.0247. The Labute approximate surface area is 361 Å². The molecule has 1 fully saturated rings. The maximum Gasteiger partial charge on any atom is 0.248 e. The summed E-state index contributed by atoms with van der Waals surface area (Å²) in [5, 5.41) is 15.2. The molecule has 1 unspecified atom stereocenters. The standard InChI is InChI=1S/C42H67FIN7O5Si2/c1-14-35-32-22-31(34(43)23-36(32)51(46-35)38-18-16-17-19-53-38)33-24-45-48(8)41(33)56-30(4)25-49(15-2)26-37-39(44)40(54-28-52-20-21-57(9,10)11)47-50(37)29(3)27-55-58(12,13)42(5,6)7/h14,22-24,29-30,38H,1,15-21,25-28H2,2-13H3/t29-,30-,38?/m0/s1. The lowest BCUT2D eigenvalue weighted by Gasteiger charge is -2.37. The van der Waals surface area contributed by atoms with Gasteiger partial charge in [0.25, 0.3) is 0 Å². The van der Waals surface area contributed by atoms with Gasteiger partial charge in [-0.2, -0.15) is 10.2 Å². The van der Waals surface area contributed by atoms with Crippen LogP contribution in [0.25, 0.3) is 28.1 Å².